The zero-order valence-corrected chi connectivity index (χ0v) is 9.51. The van der Waals surface area contributed by atoms with Crippen molar-refractivity contribution < 1.29 is 5.11 Å². The molecule has 1 N–H and O–H groups in total. The van der Waals surface area contributed by atoms with Gasteiger partial charge in [-0.1, -0.05) is 23.2 Å². The Kier molecular flexibility index (Phi) is 3.38. The smallest absolute Gasteiger partial charge is 0.0570 e. The van der Waals surface area contributed by atoms with E-state index in [-0.39, 0.29) is 6.10 Å². The Morgan fingerprint density at radius 2 is 1.93 bits per heavy atom. The van der Waals surface area contributed by atoms with Crippen molar-refractivity contribution in [3.8, 4) is 0 Å². The van der Waals surface area contributed by atoms with Gasteiger partial charge in [0.05, 0.1) is 6.10 Å². The monoisotopic (exact) mass is 235 g/mol. The molecule has 0 saturated carbocycles. The summed E-state index contributed by atoms with van der Waals surface area (Å²) < 4.78 is 0. The zero-order chi connectivity index (χ0) is 10.1. The van der Waals surface area contributed by atoms with Crippen LogP contribution in [0.25, 0.3) is 0 Å². The van der Waals surface area contributed by atoms with Crippen molar-refractivity contribution in [1.29, 1.82) is 0 Å². The molecule has 0 amide bonds. The molecule has 2 heterocycles. The molecule has 4 heteroatoms. The summed E-state index contributed by atoms with van der Waals surface area (Å²) in [6, 6.07) is 1.02. The molecule has 2 unspecified atom stereocenters. The Morgan fingerprint density at radius 3 is 2.43 bits per heavy atom. The van der Waals surface area contributed by atoms with Gasteiger partial charge >= 0.3 is 0 Å². The number of hydrogen-bond donors (Lipinski definition) is 1. The van der Waals surface area contributed by atoms with Crippen LogP contribution in [0.2, 0.25) is 0 Å². The fourth-order valence-electron chi connectivity index (χ4n) is 2.71. The highest BCUT2D eigenvalue weighted by atomic mass is 35.5. The van der Waals surface area contributed by atoms with Gasteiger partial charge in [0.25, 0.3) is 0 Å². The third kappa shape index (κ3) is 2.08. The lowest BCUT2D eigenvalue weighted by molar-refractivity contribution is 0.0416. The summed E-state index contributed by atoms with van der Waals surface area (Å²) >= 11 is 11.5. The molecule has 0 aromatic heterocycles. The molecule has 2 aliphatic heterocycles. The minimum Gasteiger partial charge on any atom is -0.393 e. The van der Waals surface area contributed by atoms with E-state index in [4.69, 9.17) is 23.2 Å². The van der Waals surface area contributed by atoms with Crippen molar-refractivity contribution in [2.24, 2.45) is 0 Å². The molecule has 0 aliphatic carbocycles. The van der Waals surface area contributed by atoms with Gasteiger partial charge in [-0.3, -0.25) is 4.90 Å². The van der Waals surface area contributed by atoms with Gasteiger partial charge in [-0.15, -0.1) is 0 Å². The minimum absolute atomic E-state index is 0.109. The summed E-state index contributed by atoms with van der Waals surface area (Å²) in [5, 5.41) is 10.3. The van der Waals surface area contributed by atoms with Crippen molar-refractivity contribution in [2.75, 3.05) is 6.54 Å². The molecular formula is C10H15Cl2NO. The summed E-state index contributed by atoms with van der Waals surface area (Å²) in [5.41, 5.74) is 1.44. The van der Waals surface area contributed by atoms with Crippen LogP contribution in [0.3, 0.4) is 0 Å². The molecular weight excluding hydrogens is 221 g/mol. The summed E-state index contributed by atoms with van der Waals surface area (Å²) in [7, 11) is 0. The maximum absolute atomic E-state index is 9.60. The van der Waals surface area contributed by atoms with Crippen LogP contribution in [0.5, 0.6) is 0 Å². The molecule has 2 nitrogen and oxygen atoms in total. The molecule has 2 aliphatic rings. The van der Waals surface area contributed by atoms with Crippen molar-refractivity contribution >= 4 is 23.2 Å². The van der Waals surface area contributed by atoms with E-state index in [1.807, 2.05) is 0 Å². The van der Waals surface area contributed by atoms with E-state index in [0.29, 0.717) is 17.1 Å². The van der Waals surface area contributed by atoms with Crippen molar-refractivity contribution in [1.82, 2.24) is 4.90 Å². The fraction of sp³-hybridized carbons (Fsp3) is 0.800. The van der Waals surface area contributed by atoms with E-state index in [0.717, 1.165) is 19.4 Å². The lowest BCUT2D eigenvalue weighted by Crippen LogP contribution is -2.45. The first-order valence-corrected chi connectivity index (χ1v) is 5.90. The molecule has 2 fully saturated rings. The number of piperidine rings is 1. The van der Waals surface area contributed by atoms with Crippen LogP contribution in [-0.4, -0.2) is 34.7 Å². The van der Waals surface area contributed by atoms with Gasteiger partial charge in [0.1, 0.15) is 0 Å². The van der Waals surface area contributed by atoms with Crippen LogP contribution in [-0.2, 0) is 0 Å². The van der Waals surface area contributed by atoms with Gasteiger partial charge in [-0.05, 0) is 25.7 Å². The highest BCUT2D eigenvalue weighted by molar-refractivity contribution is 6.36. The lowest BCUT2D eigenvalue weighted by atomic mass is 10.00. The van der Waals surface area contributed by atoms with Gasteiger partial charge in [0, 0.05) is 29.2 Å². The Hall–Kier alpha value is 0.240. The number of aliphatic hydroxyl groups is 1. The third-order valence-corrected chi connectivity index (χ3v) is 3.92. The van der Waals surface area contributed by atoms with E-state index in [1.165, 1.54) is 18.4 Å². The lowest BCUT2D eigenvalue weighted by Gasteiger charge is -2.36. The first-order chi connectivity index (χ1) is 6.70. The van der Waals surface area contributed by atoms with E-state index >= 15 is 0 Å². The first-order valence-electron chi connectivity index (χ1n) is 5.09. The first kappa shape index (κ1) is 10.7. The van der Waals surface area contributed by atoms with Crippen LogP contribution in [0, 0.1) is 0 Å². The number of rotatable bonds is 2. The zero-order valence-electron chi connectivity index (χ0n) is 8.00. The van der Waals surface area contributed by atoms with Gasteiger partial charge in [-0.25, -0.2) is 0 Å². The number of hydrogen-bond acceptors (Lipinski definition) is 2. The quantitative estimate of drug-likeness (QED) is 0.795. The molecule has 80 valence electrons. The van der Waals surface area contributed by atoms with Gasteiger partial charge < -0.3 is 5.11 Å². The largest absolute Gasteiger partial charge is 0.393 e. The Balaban J connectivity index is 2.00. The predicted molar refractivity (Wildman–Crippen MR) is 58.5 cm³/mol. The normalized spacial score (nSPS) is 39.1. The maximum Gasteiger partial charge on any atom is 0.0570 e. The second-order valence-corrected chi connectivity index (χ2v) is 4.94. The Bertz CT molecular complexity index is 230. The molecule has 0 aromatic carbocycles. The van der Waals surface area contributed by atoms with Crippen molar-refractivity contribution in [3.05, 3.63) is 10.6 Å². The summed E-state index contributed by atoms with van der Waals surface area (Å²) in [6.45, 7) is 0.743. The van der Waals surface area contributed by atoms with Crippen LogP contribution >= 0.6 is 23.2 Å². The topological polar surface area (TPSA) is 23.5 Å². The number of fused-ring (bicyclic) bond motifs is 2. The molecule has 14 heavy (non-hydrogen) atoms. The summed E-state index contributed by atoms with van der Waals surface area (Å²) in [4.78, 5) is 2.38. The minimum atomic E-state index is -0.109. The highest BCUT2D eigenvalue weighted by Crippen LogP contribution is 2.36. The molecule has 2 rings (SSSR count). The van der Waals surface area contributed by atoms with Gasteiger partial charge in [-0.2, -0.15) is 0 Å². The summed E-state index contributed by atoms with van der Waals surface area (Å²) in [5.74, 6) is 0. The Morgan fingerprint density at radius 1 is 1.36 bits per heavy atom. The van der Waals surface area contributed by atoms with Gasteiger partial charge in [0.15, 0.2) is 0 Å². The van der Waals surface area contributed by atoms with Crippen molar-refractivity contribution in [2.45, 2.75) is 43.9 Å². The average molecular weight is 236 g/mol. The third-order valence-electron chi connectivity index (χ3n) is 3.31. The number of nitrogens with zero attached hydrogens (tertiary/aromatic N) is 1. The predicted octanol–water partition coefficient (Wildman–Crippen LogP) is 2.29. The molecule has 2 atom stereocenters. The molecule has 0 spiro atoms. The van der Waals surface area contributed by atoms with Crippen LogP contribution in [0.15, 0.2) is 10.6 Å². The van der Waals surface area contributed by atoms with Crippen LogP contribution in [0.1, 0.15) is 25.7 Å². The maximum atomic E-state index is 9.60. The van der Waals surface area contributed by atoms with Gasteiger partial charge in [0.2, 0.25) is 0 Å². The molecule has 0 radical (unpaired) electrons. The second-order valence-electron chi connectivity index (χ2n) is 4.24. The van der Waals surface area contributed by atoms with Crippen LogP contribution < -0.4 is 0 Å². The number of aliphatic hydroxyl groups excluding tert-OH is 1. The molecule has 0 aromatic rings. The van der Waals surface area contributed by atoms with E-state index in [2.05, 4.69) is 4.90 Å². The Labute approximate surface area is 94.5 Å². The highest BCUT2D eigenvalue weighted by Gasteiger charge is 2.39. The summed E-state index contributed by atoms with van der Waals surface area (Å²) in [6.07, 6.45) is 4.05. The number of halogens is 2. The fourth-order valence-corrected chi connectivity index (χ4v) is 2.92. The SMILES string of the molecule is OC1CC2CCC(C1)N2CC(Cl)=CCl. The van der Waals surface area contributed by atoms with E-state index in [1.54, 1.807) is 0 Å². The molecule has 2 saturated heterocycles. The molecule has 2 bridgehead atoms. The standard InChI is InChI=1S/C10H15Cl2NO/c11-5-7(12)6-13-8-1-2-9(13)4-10(14)3-8/h5,8-10,14H,1-4,6H2. The van der Waals surface area contributed by atoms with E-state index in [9.17, 15) is 5.11 Å². The second kappa shape index (κ2) is 4.40. The average Bonchev–Trinajstić information content (AvgIpc) is 2.41. The van der Waals surface area contributed by atoms with Crippen molar-refractivity contribution in [3.63, 3.8) is 0 Å². The van der Waals surface area contributed by atoms with E-state index < -0.39 is 0 Å². The van der Waals surface area contributed by atoms with Crippen LogP contribution in [0.4, 0.5) is 0 Å².